The van der Waals surface area contributed by atoms with Crippen molar-refractivity contribution < 1.29 is 4.74 Å². The van der Waals surface area contributed by atoms with Gasteiger partial charge in [0.1, 0.15) is 5.82 Å². The Morgan fingerprint density at radius 1 is 1.41 bits per heavy atom. The third kappa shape index (κ3) is 3.30. The monoisotopic (exact) mass is 236 g/mol. The van der Waals surface area contributed by atoms with Crippen molar-refractivity contribution in [2.24, 2.45) is 5.92 Å². The molecule has 2 heterocycles. The number of rotatable bonds is 4. The van der Waals surface area contributed by atoms with E-state index in [0.29, 0.717) is 17.9 Å². The summed E-state index contributed by atoms with van der Waals surface area (Å²) >= 11 is 0. The molecule has 1 saturated heterocycles. The van der Waals surface area contributed by atoms with Gasteiger partial charge in [0.25, 0.3) is 0 Å². The van der Waals surface area contributed by atoms with E-state index >= 15 is 0 Å². The van der Waals surface area contributed by atoms with Crippen LogP contribution in [-0.2, 0) is 4.74 Å². The molecule has 0 spiro atoms. The molecule has 0 aromatic carbocycles. The highest BCUT2D eigenvalue weighted by atomic mass is 16.5. The molecule has 1 aromatic heterocycles. The van der Waals surface area contributed by atoms with Gasteiger partial charge in [0.05, 0.1) is 0 Å². The molecule has 5 nitrogen and oxygen atoms in total. The van der Waals surface area contributed by atoms with Crippen molar-refractivity contribution in [1.82, 2.24) is 9.97 Å². The van der Waals surface area contributed by atoms with E-state index in [-0.39, 0.29) is 0 Å². The number of hydrogen-bond donors (Lipinski definition) is 2. The van der Waals surface area contributed by atoms with E-state index in [1.807, 2.05) is 13.1 Å². The lowest BCUT2D eigenvalue weighted by atomic mass is 9.93. The summed E-state index contributed by atoms with van der Waals surface area (Å²) in [7, 11) is 1.82. The van der Waals surface area contributed by atoms with Gasteiger partial charge in [-0.15, -0.1) is 0 Å². The smallest absolute Gasteiger partial charge is 0.224 e. The Labute approximate surface area is 102 Å². The first-order valence-electron chi connectivity index (χ1n) is 6.14. The zero-order chi connectivity index (χ0) is 12.1. The van der Waals surface area contributed by atoms with Crippen molar-refractivity contribution in [3.05, 3.63) is 12.3 Å². The van der Waals surface area contributed by atoms with Gasteiger partial charge in [0.2, 0.25) is 5.95 Å². The number of nitrogens with one attached hydrogen (secondary N) is 2. The fourth-order valence-corrected chi connectivity index (χ4v) is 2.13. The van der Waals surface area contributed by atoms with Gasteiger partial charge in [-0.2, -0.15) is 4.98 Å². The molecule has 0 saturated carbocycles. The maximum absolute atomic E-state index is 5.37. The van der Waals surface area contributed by atoms with Crippen LogP contribution in [0.25, 0.3) is 0 Å². The van der Waals surface area contributed by atoms with Crippen LogP contribution in [0.1, 0.15) is 19.8 Å². The Kier molecular flexibility index (Phi) is 4.14. The molecule has 2 N–H and O–H groups in total. The predicted molar refractivity (Wildman–Crippen MR) is 68.2 cm³/mol. The van der Waals surface area contributed by atoms with Gasteiger partial charge >= 0.3 is 0 Å². The Bertz CT molecular complexity index is 352. The number of aromatic nitrogens is 2. The topological polar surface area (TPSA) is 59.1 Å². The summed E-state index contributed by atoms with van der Waals surface area (Å²) in [6, 6.07) is 2.31. The third-order valence-corrected chi connectivity index (χ3v) is 3.23. The Morgan fingerprint density at radius 3 is 2.88 bits per heavy atom. The average Bonchev–Trinajstić information content (AvgIpc) is 2.40. The Morgan fingerprint density at radius 2 is 2.18 bits per heavy atom. The molecular formula is C12H20N4O. The zero-order valence-corrected chi connectivity index (χ0v) is 10.4. The van der Waals surface area contributed by atoms with Crippen LogP contribution in [0.4, 0.5) is 11.8 Å². The Hall–Kier alpha value is -1.36. The molecule has 94 valence electrons. The SMILES string of the molecule is CNc1nccc(NC(C)C2CCOCC2)n1. The maximum Gasteiger partial charge on any atom is 0.224 e. The zero-order valence-electron chi connectivity index (χ0n) is 10.4. The highest BCUT2D eigenvalue weighted by Crippen LogP contribution is 2.21. The van der Waals surface area contributed by atoms with Crippen molar-refractivity contribution in [3.63, 3.8) is 0 Å². The van der Waals surface area contributed by atoms with E-state index in [2.05, 4.69) is 27.5 Å². The lowest BCUT2D eigenvalue weighted by molar-refractivity contribution is 0.0622. The second kappa shape index (κ2) is 5.82. The number of hydrogen-bond acceptors (Lipinski definition) is 5. The van der Waals surface area contributed by atoms with Gasteiger partial charge < -0.3 is 15.4 Å². The molecule has 1 aliphatic heterocycles. The number of ether oxygens (including phenoxy) is 1. The lowest BCUT2D eigenvalue weighted by Gasteiger charge is -2.28. The van der Waals surface area contributed by atoms with E-state index in [1.165, 1.54) is 0 Å². The molecule has 1 aliphatic rings. The van der Waals surface area contributed by atoms with Gasteiger partial charge in [-0.1, -0.05) is 0 Å². The number of anilines is 2. The minimum atomic E-state index is 0.415. The van der Waals surface area contributed by atoms with Gasteiger partial charge in [-0.05, 0) is 31.7 Å². The molecular weight excluding hydrogens is 216 g/mol. The molecule has 0 bridgehead atoms. The van der Waals surface area contributed by atoms with Crippen LogP contribution < -0.4 is 10.6 Å². The molecule has 0 radical (unpaired) electrons. The number of nitrogens with zero attached hydrogens (tertiary/aromatic N) is 2. The van der Waals surface area contributed by atoms with Crippen LogP contribution in [0, 0.1) is 5.92 Å². The highest BCUT2D eigenvalue weighted by Gasteiger charge is 2.20. The molecule has 2 rings (SSSR count). The van der Waals surface area contributed by atoms with E-state index < -0.39 is 0 Å². The van der Waals surface area contributed by atoms with Crippen LogP contribution in [0.5, 0.6) is 0 Å². The standard InChI is InChI=1S/C12H20N4O/c1-9(10-4-7-17-8-5-10)15-11-3-6-14-12(13-2)16-11/h3,6,9-10H,4-5,7-8H2,1-2H3,(H2,13,14,15,16). The molecule has 1 fully saturated rings. The van der Waals surface area contributed by atoms with Crippen molar-refractivity contribution in [3.8, 4) is 0 Å². The molecule has 0 aliphatic carbocycles. The third-order valence-electron chi connectivity index (χ3n) is 3.23. The molecule has 1 atom stereocenters. The van der Waals surface area contributed by atoms with E-state index in [1.54, 1.807) is 6.20 Å². The molecule has 5 heteroatoms. The van der Waals surface area contributed by atoms with Crippen molar-refractivity contribution in [2.45, 2.75) is 25.8 Å². The van der Waals surface area contributed by atoms with Gasteiger partial charge in [-0.25, -0.2) is 4.98 Å². The van der Waals surface area contributed by atoms with E-state index in [0.717, 1.165) is 31.9 Å². The van der Waals surface area contributed by atoms with Crippen LogP contribution in [-0.4, -0.2) is 36.3 Å². The maximum atomic E-state index is 5.37. The molecule has 17 heavy (non-hydrogen) atoms. The van der Waals surface area contributed by atoms with Crippen molar-refractivity contribution in [1.29, 1.82) is 0 Å². The molecule has 1 aromatic rings. The minimum absolute atomic E-state index is 0.415. The molecule has 0 amide bonds. The first-order chi connectivity index (χ1) is 8.29. The lowest BCUT2D eigenvalue weighted by Crippen LogP contribution is -2.31. The van der Waals surface area contributed by atoms with Gasteiger partial charge in [0.15, 0.2) is 0 Å². The second-order valence-corrected chi connectivity index (χ2v) is 4.40. The first kappa shape index (κ1) is 12.1. The highest BCUT2D eigenvalue weighted by molar-refractivity contribution is 5.39. The normalized spacial score (nSPS) is 18.7. The van der Waals surface area contributed by atoms with Crippen LogP contribution >= 0.6 is 0 Å². The summed E-state index contributed by atoms with van der Waals surface area (Å²) in [6.07, 6.45) is 4.01. The van der Waals surface area contributed by atoms with Crippen molar-refractivity contribution in [2.75, 3.05) is 30.9 Å². The van der Waals surface area contributed by atoms with Crippen molar-refractivity contribution >= 4 is 11.8 Å². The second-order valence-electron chi connectivity index (χ2n) is 4.40. The van der Waals surface area contributed by atoms with Crippen LogP contribution in [0.15, 0.2) is 12.3 Å². The Balaban J connectivity index is 1.94. The average molecular weight is 236 g/mol. The summed E-state index contributed by atoms with van der Waals surface area (Å²) in [5.74, 6) is 2.19. The van der Waals surface area contributed by atoms with E-state index in [4.69, 9.17) is 4.74 Å². The fourth-order valence-electron chi connectivity index (χ4n) is 2.13. The quantitative estimate of drug-likeness (QED) is 0.834. The van der Waals surface area contributed by atoms with E-state index in [9.17, 15) is 0 Å². The summed E-state index contributed by atoms with van der Waals surface area (Å²) in [6.45, 7) is 3.96. The largest absolute Gasteiger partial charge is 0.381 e. The summed E-state index contributed by atoms with van der Waals surface area (Å²) < 4.78 is 5.37. The minimum Gasteiger partial charge on any atom is -0.381 e. The summed E-state index contributed by atoms with van der Waals surface area (Å²) in [5.41, 5.74) is 0. The van der Waals surface area contributed by atoms with Crippen LogP contribution in [0.3, 0.4) is 0 Å². The van der Waals surface area contributed by atoms with Gasteiger partial charge in [0, 0.05) is 32.5 Å². The molecule has 1 unspecified atom stereocenters. The van der Waals surface area contributed by atoms with Gasteiger partial charge in [-0.3, -0.25) is 0 Å². The predicted octanol–water partition coefficient (Wildman–Crippen LogP) is 1.75. The fraction of sp³-hybridized carbons (Fsp3) is 0.667. The summed E-state index contributed by atoms with van der Waals surface area (Å²) in [4.78, 5) is 8.46. The summed E-state index contributed by atoms with van der Waals surface area (Å²) in [5, 5.41) is 6.38. The first-order valence-corrected chi connectivity index (χ1v) is 6.14. The van der Waals surface area contributed by atoms with Crippen LogP contribution in [0.2, 0.25) is 0 Å².